The first-order valence-corrected chi connectivity index (χ1v) is 9.85. The van der Waals surface area contributed by atoms with Gasteiger partial charge in [-0.2, -0.15) is 0 Å². The number of hydrogen-bond donors (Lipinski definition) is 1. The molecule has 152 valence electrons. The highest BCUT2D eigenvalue weighted by atomic mass is 16.5. The highest BCUT2D eigenvalue weighted by molar-refractivity contribution is 6.04. The summed E-state index contributed by atoms with van der Waals surface area (Å²) in [4.78, 5) is 19.5. The molecule has 3 aromatic rings. The van der Waals surface area contributed by atoms with E-state index in [1.54, 1.807) is 13.2 Å². The summed E-state index contributed by atoms with van der Waals surface area (Å²) in [6.45, 7) is 7.62. The van der Waals surface area contributed by atoms with Crippen molar-refractivity contribution in [2.75, 3.05) is 38.7 Å². The van der Waals surface area contributed by atoms with Crippen molar-refractivity contribution >= 4 is 22.5 Å². The second-order valence-electron chi connectivity index (χ2n) is 6.58. The topological polar surface area (TPSA) is 63.7 Å². The summed E-state index contributed by atoms with van der Waals surface area (Å²) in [7, 11) is 1.62. The molecule has 29 heavy (non-hydrogen) atoms. The third-order valence-electron chi connectivity index (χ3n) is 4.82. The van der Waals surface area contributed by atoms with Gasteiger partial charge in [0.2, 0.25) is 0 Å². The quantitative estimate of drug-likeness (QED) is 0.590. The van der Waals surface area contributed by atoms with Crippen LogP contribution >= 0.6 is 0 Å². The second kappa shape index (κ2) is 9.89. The van der Waals surface area contributed by atoms with E-state index in [4.69, 9.17) is 9.47 Å². The van der Waals surface area contributed by atoms with Gasteiger partial charge in [-0.1, -0.05) is 32.0 Å². The van der Waals surface area contributed by atoms with Gasteiger partial charge in [-0.25, -0.2) is 4.98 Å². The number of rotatable bonds is 9. The van der Waals surface area contributed by atoms with Crippen LogP contribution < -0.4 is 14.8 Å². The maximum Gasteiger partial charge on any atom is 0.274 e. The van der Waals surface area contributed by atoms with Crippen molar-refractivity contribution in [3.63, 3.8) is 0 Å². The lowest BCUT2D eigenvalue weighted by Gasteiger charge is -2.19. The van der Waals surface area contributed by atoms with E-state index < -0.39 is 0 Å². The van der Waals surface area contributed by atoms with Gasteiger partial charge < -0.3 is 19.7 Å². The molecule has 0 atom stereocenters. The number of carbonyl (C=O) groups excluding carboxylic acids is 1. The molecule has 1 amide bonds. The van der Waals surface area contributed by atoms with Gasteiger partial charge in [0.15, 0.2) is 0 Å². The first kappa shape index (κ1) is 20.6. The number of hydrogen-bond acceptors (Lipinski definition) is 5. The molecule has 1 aromatic heterocycles. The Kier molecular flexibility index (Phi) is 7.03. The van der Waals surface area contributed by atoms with E-state index in [9.17, 15) is 4.79 Å². The van der Waals surface area contributed by atoms with E-state index in [1.165, 1.54) is 0 Å². The lowest BCUT2D eigenvalue weighted by atomic mass is 10.2. The number of likely N-dealkylation sites (N-methyl/N-ethyl adjacent to an activating group) is 1. The summed E-state index contributed by atoms with van der Waals surface area (Å²) in [6, 6.07) is 16.6. The number of nitrogens with one attached hydrogen (secondary N) is 1. The molecular formula is C23H27N3O3. The van der Waals surface area contributed by atoms with E-state index >= 15 is 0 Å². The van der Waals surface area contributed by atoms with E-state index in [0.717, 1.165) is 36.3 Å². The zero-order valence-corrected chi connectivity index (χ0v) is 17.1. The molecule has 0 aliphatic carbocycles. The van der Waals surface area contributed by atoms with Gasteiger partial charge in [0.05, 0.1) is 18.3 Å². The first-order chi connectivity index (χ1) is 14.1. The van der Waals surface area contributed by atoms with E-state index in [0.29, 0.717) is 23.7 Å². The second-order valence-corrected chi connectivity index (χ2v) is 6.58. The Labute approximate surface area is 171 Å². The fourth-order valence-electron chi connectivity index (χ4n) is 3.06. The molecule has 0 aliphatic heterocycles. The molecule has 3 rings (SSSR count). The van der Waals surface area contributed by atoms with Crippen molar-refractivity contribution in [3.05, 3.63) is 60.3 Å². The highest BCUT2D eigenvalue weighted by Crippen LogP contribution is 2.25. The number of benzene rings is 2. The number of methoxy groups -OCH3 is 1. The van der Waals surface area contributed by atoms with Crippen LogP contribution in [0.2, 0.25) is 0 Å². The Balaban J connectivity index is 1.71. The van der Waals surface area contributed by atoms with Gasteiger partial charge >= 0.3 is 0 Å². The number of fused-ring (bicyclic) bond motifs is 1. The van der Waals surface area contributed by atoms with E-state index in [-0.39, 0.29) is 5.91 Å². The number of anilines is 1. The lowest BCUT2D eigenvalue weighted by molar-refractivity contribution is 0.102. The summed E-state index contributed by atoms with van der Waals surface area (Å²) in [6.07, 6.45) is 0. The van der Waals surface area contributed by atoms with Crippen LogP contribution in [-0.4, -0.2) is 49.1 Å². The van der Waals surface area contributed by atoms with E-state index in [1.807, 2.05) is 48.5 Å². The van der Waals surface area contributed by atoms with Crippen LogP contribution in [-0.2, 0) is 0 Å². The Morgan fingerprint density at radius 2 is 1.86 bits per heavy atom. The van der Waals surface area contributed by atoms with Crippen LogP contribution in [0.4, 0.5) is 5.69 Å². The van der Waals surface area contributed by atoms with Gasteiger partial charge in [0.1, 0.15) is 23.8 Å². The normalized spacial score (nSPS) is 10.9. The first-order valence-electron chi connectivity index (χ1n) is 9.85. The number of amides is 1. The number of carbonyl (C=O) groups is 1. The SMILES string of the molecule is CCN(CC)CCOc1ccccc1NC(=O)c1ccc2cc(OC)ccc2n1. The summed E-state index contributed by atoms with van der Waals surface area (Å²) in [5.74, 6) is 1.13. The fourth-order valence-corrected chi connectivity index (χ4v) is 3.06. The molecule has 2 aromatic carbocycles. The van der Waals surface area contributed by atoms with Gasteiger partial charge in [0.25, 0.3) is 5.91 Å². The van der Waals surface area contributed by atoms with Gasteiger partial charge in [-0.05, 0) is 49.5 Å². The molecule has 0 unspecified atom stereocenters. The largest absolute Gasteiger partial charge is 0.497 e. The van der Waals surface area contributed by atoms with Crippen molar-refractivity contribution in [3.8, 4) is 11.5 Å². The smallest absolute Gasteiger partial charge is 0.274 e. The zero-order chi connectivity index (χ0) is 20.6. The standard InChI is InChI=1S/C23H27N3O3/c1-4-26(5-2)14-15-29-22-9-7-6-8-20(22)25-23(27)21-12-10-17-16-18(28-3)11-13-19(17)24-21/h6-13,16H,4-5,14-15H2,1-3H3,(H,25,27). The predicted octanol–water partition coefficient (Wildman–Crippen LogP) is 4.22. The molecule has 0 saturated carbocycles. The third-order valence-corrected chi connectivity index (χ3v) is 4.82. The zero-order valence-electron chi connectivity index (χ0n) is 17.1. The molecule has 0 fully saturated rings. The van der Waals surface area contributed by atoms with Crippen molar-refractivity contribution in [1.29, 1.82) is 0 Å². The van der Waals surface area contributed by atoms with Crippen LogP contribution in [0.5, 0.6) is 11.5 Å². The predicted molar refractivity (Wildman–Crippen MR) is 116 cm³/mol. The van der Waals surface area contributed by atoms with Gasteiger partial charge in [-0.3, -0.25) is 4.79 Å². The average molecular weight is 393 g/mol. The summed E-state index contributed by atoms with van der Waals surface area (Å²) >= 11 is 0. The van der Waals surface area contributed by atoms with Gasteiger partial charge in [-0.15, -0.1) is 0 Å². The van der Waals surface area contributed by atoms with Crippen molar-refractivity contribution in [1.82, 2.24) is 9.88 Å². The van der Waals surface area contributed by atoms with E-state index in [2.05, 4.69) is 29.0 Å². The van der Waals surface area contributed by atoms with Crippen molar-refractivity contribution in [2.24, 2.45) is 0 Å². The Bertz CT molecular complexity index is 970. The fraction of sp³-hybridized carbons (Fsp3) is 0.304. The van der Waals surface area contributed by atoms with Crippen LogP contribution in [0.15, 0.2) is 54.6 Å². The molecule has 1 heterocycles. The Hall–Kier alpha value is -3.12. The molecule has 0 spiro atoms. The number of nitrogens with zero attached hydrogens (tertiary/aromatic N) is 2. The molecular weight excluding hydrogens is 366 g/mol. The maximum atomic E-state index is 12.7. The van der Waals surface area contributed by atoms with Crippen molar-refractivity contribution < 1.29 is 14.3 Å². The number of pyridine rings is 1. The van der Waals surface area contributed by atoms with Crippen LogP contribution in [0.25, 0.3) is 10.9 Å². The average Bonchev–Trinajstić information content (AvgIpc) is 2.77. The summed E-state index contributed by atoms with van der Waals surface area (Å²) in [5.41, 5.74) is 1.72. The summed E-state index contributed by atoms with van der Waals surface area (Å²) in [5, 5.41) is 3.83. The molecule has 1 N–H and O–H groups in total. The van der Waals surface area contributed by atoms with Crippen LogP contribution in [0.1, 0.15) is 24.3 Å². The maximum absolute atomic E-state index is 12.7. The molecule has 0 aliphatic rings. The molecule has 6 nitrogen and oxygen atoms in total. The lowest BCUT2D eigenvalue weighted by Crippen LogP contribution is -2.28. The van der Waals surface area contributed by atoms with Gasteiger partial charge in [0, 0.05) is 11.9 Å². The molecule has 0 radical (unpaired) electrons. The summed E-state index contributed by atoms with van der Waals surface area (Å²) < 4.78 is 11.1. The number of aromatic nitrogens is 1. The number of ether oxygens (including phenoxy) is 2. The minimum absolute atomic E-state index is 0.275. The minimum atomic E-state index is -0.275. The molecule has 0 bridgehead atoms. The highest BCUT2D eigenvalue weighted by Gasteiger charge is 2.12. The monoisotopic (exact) mass is 393 g/mol. The number of para-hydroxylation sites is 2. The van der Waals surface area contributed by atoms with Crippen molar-refractivity contribution in [2.45, 2.75) is 13.8 Å². The van der Waals surface area contributed by atoms with Crippen LogP contribution in [0.3, 0.4) is 0 Å². The Morgan fingerprint density at radius 1 is 1.07 bits per heavy atom. The molecule has 6 heteroatoms. The third kappa shape index (κ3) is 5.23. The van der Waals surface area contributed by atoms with Crippen LogP contribution in [0, 0.1) is 0 Å². The molecule has 0 saturated heterocycles. The minimum Gasteiger partial charge on any atom is -0.497 e. The Morgan fingerprint density at radius 3 is 2.62 bits per heavy atom.